The van der Waals surface area contributed by atoms with Gasteiger partial charge in [-0.05, 0) is 61.0 Å². The fraction of sp³-hybridized carbons (Fsp3) is 0.455. The van der Waals surface area contributed by atoms with Crippen LogP contribution in [-0.2, 0) is 5.41 Å². The van der Waals surface area contributed by atoms with Gasteiger partial charge in [0.05, 0.1) is 0 Å². The number of rotatable bonds is 7. The van der Waals surface area contributed by atoms with E-state index in [0.29, 0.717) is 6.04 Å². The molecule has 1 saturated heterocycles. The summed E-state index contributed by atoms with van der Waals surface area (Å²) >= 11 is 6.06. The van der Waals surface area contributed by atoms with Crippen molar-refractivity contribution >= 4 is 11.6 Å². The first kappa shape index (κ1) is 19.0. The lowest BCUT2D eigenvalue weighted by molar-refractivity contribution is 0.161. The first-order valence-electron chi connectivity index (χ1n) is 8.93. The van der Waals surface area contributed by atoms with Crippen LogP contribution in [0, 0.1) is 0 Å². The van der Waals surface area contributed by atoms with Crippen molar-refractivity contribution in [1.82, 2.24) is 4.90 Å². The van der Waals surface area contributed by atoms with Gasteiger partial charge in [0.1, 0.15) is 0 Å². The molecular formula is C22H30ClN. The summed E-state index contributed by atoms with van der Waals surface area (Å²) < 4.78 is 0. The van der Waals surface area contributed by atoms with Crippen LogP contribution in [0.1, 0.15) is 45.1 Å². The summed E-state index contributed by atoms with van der Waals surface area (Å²) in [7, 11) is 0. The van der Waals surface area contributed by atoms with Crippen LogP contribution in [0.2, 0.25) is 5.02 Å². The van der Waals surface area contributed by atoms with Gasteiger partial charge < -0.3 is 0 Å². The van der Waals surface area contributed by atoms with E-state index >= 15 is 0 Å². The minimum absolute atomic E-state index is 0.0654. The van der Waals surface area contributed by atoms with Gasteiger partial charge in [-0.2, -0.15) is 0 Å². The highest BCUT2D eigenvalue weighted by Crippen LogP contribution is 2.34. The number of halogens is 1. The van der Waals surface area contributed by atoms with Gasteiger partial charge >= 0.3 is 0 Å². The molecule has 1 aliphatic heterocycles. The minimum atomic E-state index is 0.0654. The number of allylic oxidation sites excluding steroid dienone is 2. The highest BCUT2D eigenvalue weighted by Gasteiger charge is 2.30. The zero-order chi connectivity index (χ0) is 17.6. The molecule has 130 valence electrons. The van der Waals surface area contributed by atoms with Gasteiger partial charge in [-0.1, -0.05) is 75.4 Å². The molecule has 0 spiro atoms. The molecule has 1 heterocycles. The largest absolute Gasteiger partial charge is 0.296 e. The van der Waals surface area contributed by atoms with E-state index in [-0.39, 0.29) is 5.41 Å². The summed E-state index contributed by atoms with van der Waals surface area (Å²) in [6, 6.07) is 8.66. The van der Waals surface area contributed by atoms with Gasteiger partial charge in [0.25, 0.3) is 0 Å². The molecule has 0 aliphatic carbocycles. The van der Waals surface area contributed by atoms with Crippen molar-refractivity contribution in [2.75, 3.05) is 13.1 Å². The molecule has 0 saturated carbocycles. The van der Waals surface area contributed by atoms with E-state index in [1.807, 2.05) is 24.3 Å². The number of nitrogens with zero attached hydrogens (tertiary/aromatic N) is 1. The molecule has 1 atom stereocenters. The van der Waals surface area contributed by atoms with Crippen LogP contribution < -0.4 is 0 Å². The molecule has 0 amide bonds. The Kier molecular flexibility index (Phi) is 6.89. The molecule has 24 heavy (non-hydrogen) atoms. The first-order valence-corrected chi connectivity index (χ1v) is 9.31. The van der Waals surface area contributed by atoms with Gasteiger partial charge in [-0.3, -0.25) is 4.90 Å². The molecule has 1 unspecified atom stereocenters. The molecule has 1 aliphatic rings. The predicted molar refractivity (Wildman–Crippen MR) is 107 cm³/mol. The van der Waals surface area contributed by atoms with E-state index in [2.05, 4.69) is 50.1 Å². The third kappa shape index (κ3) is 4.84. The summed E-state index contributed by atoms with van der Waals surface area (Å²) in [5.74, 6) is 0. The maximum atomic E-state index is 6.06. The van der Waals surface area contributed by atoms with E-state index in [9.17, 15) is 0 Å². The van der Waals surface area contributed by atoms with E-state index in [1.54, 1.807) is 0 Å². The first-order chi connectivity index (χ1) is 11.5. The zero-order valence-electron chi connectivity index (χ0n) is 15.1. The number of hydrogen-bond donors (Lipinski definition) is 0. The predicted octanol–water partition coefficient (Wildman–Crippen LogP) is 6.16. The third-order valence-electron chi connectivity index (χ3n) is 5.09. The number of piperidine rings is 1. The van der Waals surface area contributed by atoms with Crippen LogP contribution in [0.25, 0.3) is 0 Å². The van der Waals surface area contributed by atoms with Gasteiger partial charge in [0.15, 0.2) is 0 Å². The van der Waals surface area contributed by atoms with Crippen molar-refractivity contribution in [3.05, 3.63) is 71.8 Å². The molecule has 0 N–H and O–H groups in total. The van der Waals surface area contributed by atoms with Crippen LogP contribution in [-0.4, -0.2) is 24.0 Å². The van der Waals surface area contributed by atoms with E-state index in [4.69, 9.17) is 11.6 Å². The molecule has 0 bridgehead atoms. The molecule has 1 aromatic carbocycles. The topological polar surface area (TPSA) is 3.24 Å². The molecule has 1 nitrogen and oxygen atoms in total. The summed E-state index contributed by atoms with van der Waals surface area (Å²) in [6.07, 6.45) is 11.0. The SMILES string of the molecule is C=C/C=C(\C=C)C(CC(C)(C)c1ccc(Cl)cc1)N1CCCCC1. The second-order valence-electron chi connectivity index (χ2n) is 7.31. The van der Waals surface area contributed by atoms with Crippen molar-refractivity contribution in [1.29, 1.82) is 0 Å². The standard InChI is InChI=1S/C22H30ClN/c1-5-10-18(6-2)21(24-15-8-7-9-16-24)17-22(3,4)19-11-13-20(23)14-12-19/h5-6,10-14,21H,1-2,7-9,15-17H2,3-4H3/b18-10+. The van der Waals surface area contributed by atoms with Crippen molar-refractivity contribution in [2.24, 2.45) is 0 Å². The van der Waals surface area contributed by atoms with Crippen LogP contribution >= 0.6 is 11.6 Å². The summed E-state index contributed by atoms with van der Waals surface area (Å²) in [5.41, 5.74) is 2.67. The van der Waals surface area contributed by atoms with Crippen LogP contribution in [0.5, 0.6) is 0 Å². The molecule has 0 aromatic heterocycles. The van der Waals surface area contributed by atoms with Crippen molar-refractivity contribution in [3.8, 4) is 0 Å². The Morgan fingerprint density at radius 2 is 1.79 bits per heavy atom. The number of likely N-dealkylation sites (tertiary alicyclic amines) is 1. The Morgan fingerprint density at radius 3 is 2.33 bits per heavy atom. The van der Waals surface area contributed by atoms with Crippen LogP contribution in [0.4, 0.5) is 0 Å². The summed E-state index contributed by atoms with van der Waals surface area (Å²) in [6.45, 7) is 14.9. The molecule has 2 heteroatoms. The lowest BCUT2D eigenvalue weighted by Crippen LogP contribution is -2.43. The van der Waals surface area contributed by atoms with Gasteiger partial charge in [-0.25, -0.2) is 0 Å². The second kappa shape index (κ2) is 8.69. The average Bonchev–Trinajstić information content (AvgIpc) is 2.59. The molecule has 0 radical (unpaired) electrons. The lowest BCUT2D eigenvalue weighted by Gasteiger charge is -2.40. The summed E-state index contributed by atoms with van der Waals surface area (Å²) in [5, 5.41) is 0.792. The second-order valence-corrected chi connectivity index (χ2v) is 7.75. The molecule has 1 aromatic rings. The summed E-state index contributed by atoms with van der Waals surface area (Å²) in [4.78, 5) is 2.62. The fourth-order valence-electron chi connectivity index (χ4n) is 3.64. The smallest absolute Gasteiger partial charge is 0.0406 e. The maximum absolute atomic E-state index is 6.06. The lowest BCUT2D eigenvalue weighted by atomic mass is 9.77. The Morgan fingerprint density at radius 1 is 1.17 bits per heavy atom. The Balaban J connectivity index is 2.28. The van der Waals surface area contributed by atoms with Gasteiger partial charge in [-0.15, -0.1) is 0 Å². The molecule has 2 rings (SSSR count). The minimum Gasteiger partial charge on any atom is -0.296 e. The zero-order valence-corrected chi connectivity index (χ0v) is 15.9. The normalized spacial score (nSPS) is 18.2. The van der Waals surface area contributed by atoms with Crippen LogP contribution in [0.15, 0.2) is 61.2 Å². The van der Waals surface area contributed by atoms with Crippen LogP contribution in [0.3, 0.4) is 0 Å². The van der Waals surface area contributed by atoms with E-state index in [0.717, 1.165) is 11.4 Å². The quantitative estimate of drug-likeness (QED) is 0.536. The maximum Gasteiger partial charge on any atom is 0.0406 e. The monoisotopic (exact) mass is 343 g/mol. The highest BCUT2D eigenvalue weighted by atomic mass is 35.5. The van der Waals surface area contributed by atoms with Gasteiger partial charge in [0.2, 0.25) is 0 Å². The molecular weight excluding hydrogens is 314 g/mol. The van der Waals surface area contributed by atoms with Gasteiger partial charge in [0, 0.05) is 11.1 Å². The van der Waals surface area contributed by atoms with Crippen molar-refractivity contribution in [3.63, 3.8) is 0 Å². The highest BCUT2D eigenvalue weighted by molar-refractivity contribution is 6.30. The van der Waals surface area contributed by atoms with Crippen molar-refractivity contribution in [2.45, 2.75) is 51.0 Å². The van der Waals surface area contributed by atoms with E-state index in [1.165, 1.54) is 43.5 Å². The van der Waals surface area contributed by atoms with E-state index < -0.39 is 0 Å². The Bertz CT molecular complexity index is 576. The fourth-order valence-corrected chi connectivity index (χ4v) is 3.77. The number of benzene rings is 1. The average molecular weight is 344 g/mol. The Hall–Kier alpha value is -1.31. The third-order valence-corrected chi connectivity index (χ3v) is 5.34. The Labute approximate surface area is 152 Å². The molecule has 1 fully saturated rings. The van der Waals surface area contributed by atoms with Crippen molar-refractivity contribution < 1.29 is 0 Å². The number of hydrogen-bond acceptors (Lipinski definition) is 1.